The van der Waals surface area contributed by atoms with Crippen LogP contribution in [0.25, 0.3) is 11.1 Å². The summed E-state index contributed by atoms with van der Waals surface area (Å²) in [6, 6.07) is 5.86. The molecule has 0 saturated carbocycles. The highest BCUT2D eigenvalue weighted by atomic mass is 19.4. The number of alkyl halides is 3. The molecule has 0 aliphatic heterocycles. The van der Waals surface area contributed by atoms with Gasteiger partial charge in [0.2, 0.25) is 11.4 Å². The predicted molar refractivity (Wildman–Crippen MR) is 105 cm³/mol. The standard InChI is InChI=1S/C20H13F5N4O5/c1-33-16-5-3-13(28-18(16)29(31)32)19(30)27-9-14-17(22)11(6-7-26-14)10-2-4-15(12(21)8-10)34-20(23,24)25/h2-8H,9H2,1H3,(H,27,30). The van der Waals surface area contributed by atoms with Gasteiger partial charge < -0.3 is 24.9 Å². The van der Waals surface area contributed by atoms with Crippen LogP contribution in [-0.2, 0) is 6.54 Å². The van der Waals surface area contributed by atoms with Gasteiger partial charge in [-0.25, -0.2) is 8.78 Å². The Kier molecular flexibility index (Phi) is 6.89. The Bertz CT molecular complexity index is 1250. The number of halogens is 5. The van der Waals surface area contributed by atoms with Crippen LogP contribution in [0.5, 0.6) is 11.5 Å². The molecule has 1 N–H and O–H groups in total. The van der Waals surface area contributed by atoms with E-state index in [4.69, 9.17) is 4.74 Å². The molecule has 0 aliphatic carbocycles. The van der Waals surface area contributed by atoms with Crippen molar-refractivity contribution in [2.45, 2.75) is 12.9 Å². The quantitative estimate of drug-likeness (QED) is 0.304. The third-order valence-electron chi connectivity index (χ3n) is 4.31. The topological polar surface area (TPSA) is 116 Å². The lowest BCUT2D eigenvalue weighted by molar-refractivity contribution is -0.390. The molecule has 0 bridgehead atoms. The molecule has 0 aliphatic rings. The largest absolute Gasteiger partial charge is 0.573 e. The van der Waals surface area contributed by atoms with E-state index in [0.29, 0.717) is 12.1 Å². The Balaban J connectivity index is 1.80. The van der Waals surface area contributed by atoms with Crippen LogP contribution in [0.3, 0.4) is 0 Å². The molecule has 9 nitrogen and oxygen atoms in total. The molecule has 0 spiro atoms. The molecule has 0 atom stereocenters. The number of carbonyl (C=O) groups is 1. The van der Waals surface area contributed by atoms with E-state index in [1.807, 2.05) is 0 Å². The van der Waals surface area contributed by atoms with E-state index >= 15 is 0 Å². The summed E-state index contributed by atoms with van der Waals surface area (Å²) in [5.41, 5.74) is -0.932. The Labute approximate surface area is 187 Å². The summed E-state index contributed by atoms with van der Waals surface area (Å²) < 4.78 is 74.1. The van der Waals surface area contributed by atoms with Gasteiger partial charge in [-0.15, -0.1) is 13.2 Å². The second kappa shape index (κ2) is 9.64. The number of methoxy groups -OCH3 is 1. The summed E-state index contributed by atoms with van der Waals surface area (Å²) in [4.78, 5) is 29.9. The SMILES string of the molecule is COc1ccc(C(=O)NCc2nccc(-c3ccc(OC(F)(F)F)c(F)c3)c2F)nc1[N+](=O)[O-]. The monoisotopic (exact) mass is 484 g/mol. The summed E-state index contributed by atoms with van der Waals surface area (Å²) in [6.07, 6.45) is -3.96. The summed E-state index contributed by atoms with van der Waals surface area (Å²) in [7, 11) is 1.19. The maximum absolute atomic E-state index is 14.9. The lowest BCUT2D eigenvalue weighted by Crippen LogP contribution is -2.25. The number of hydrogen-bond acceptors (Lipinski definition) is 7. The fraction of sp³-hybridized carbons (Fsp3) is 0.150. The summed E-state index contributed by atoms with van der Waals surface area (Å²) >= 11 is 0. The molecule has 3 rings (SSSR count). The van der Waals surface area contributed by atoms with Crippen molar-refractivity contribution in [1.82, 2.24) is 15.3 Å². The second-order valence-corrected chi connectivity index (χ2v) is 6.47. The Morgan fingerprint density at radius 2 is 1.85 bits per heavy atom. The van der Waals surface area contributed by atoms with Crippen LogP contribution in [0.1, 0.15) is 16.2 Å². The average molecular weight is 484 g/mol. The van der Waals surface area contributed by atoms with E-state index in [9.17, 15) is 36.9 Å². The number of nitrogens with one attached hydrogen (secondary N) is 1. The van der Waals surface area contributed by atoms with Crippen LogP contribution in [0.15, 0.2) is 42.6 Å². The van der Waals surface area contributed by atoms with E-state index in [0.717, 1.165) is 24.4 Å². The molecule has 1 amide bonds. The van der Waals surface area contributed by atoms with Gasteiger partial charge >= 0.3 is 12.2 Å². The van der Waals surface area contributed by atoms with Gasteiger partial charge in [0.05, 0.1) is 19.3 Å². The minimum Gasteiger partial charge on any atom is -0.489 e. The van der Waals surface area contributed by atoms with E-state index in [-0.39, 0.29) is 28.3 Å². The molecular formula is C20H13F5N4O5. The number of rotatable bonds is 7. The van der Waals surface area contributed by atoms with Crippen LogP contribution in [-0.4, -0.2) is 34.3 Å². The van der Waals surface area contributed by atoms with Crippen molar-refractivity contribution >= 4 is 11.7 Å². The van der Waals surface area contributed by atoms with Gasteiger partial charge in [-0.05, 0) is 45.8 Å². The maximum Gasteiger partial charge on any atom is 0.573 e. The third-order valence-corrected chi connectivity index (χ3v) is 4.31. The van der Waals surface area contributed by atoms with Crippen molar-refractivity contribution in [2.75, 3.05) is 7.11 Å². The van der Waals surface area contributed by atoms with E-state index < -0.39 is 46.9 Å². The number of pyridine rings is 2. The van der Waals surface area contributed by atoms with Crippen molar-refractivity contribution in [3.8, 4) is 22.6 Å². The second-order valence-electron chi connectivity index (χ2n) is 6.47. The van der Waals surface area contributed by atoms with Crippen LogP contribution in [0.2, 0.25) is 0 Å². The fourth-order valence-electron chi connectivity index (χ4n) is 2.82. The Hall–Kier alpha value is -4.36. The first kappa shape index (κ1) is 24.3. The molecule has 3 aromatic rings. The molecule has 0 saturated heterocycles. The number of hydrogen-bond donors (Lipinski definition) is 1. The predicted octanol–water partition coefficient (Wildman–Crippen LogP) is 4.17. The highest BCUT2D eigenvalue weighted by molar-refractivity contribution is 5.92. The molecule has 2 heterocycles. The molecule has 0 fully saturated rings. The minimum absolute atomic E-state index is 0.105. The van der Waals surface area contributed by atoms with Gasteiger partial charge in [-0.2, -0.15) is 0 Å². The average Bonchev–Trinajstić information content (AvgIpc) is 2.78. The summed E-state index contributed by atoms with van der Waals surface area (Å²) in [5, 5.41) is 13.3. The van der Waals surface area contributed by atoms with E-state index in [2.05, 4.69) is 20.0 Å². The zero-order valence-corrected chi connectivity index (χ0v) is 17.0. The molecule has 34 heavy (non-hydrogen) atoms. The lowest BCUT2D eigenvalue weighted by Gasteiger charge is -2.12. The van der Waals surface area contributed by atoms with Gasteiger partial charge in [0, 0.05) is 11.8 Å². The van der Waals surface area contributed by atoms with Crippen molar-refractivity contribution in [1.29, 1.82) is 0 Å². The lowest BCUT2D eigenvalue weighted by atomic mass is 10.0. The summed E-state index contributed by atoms with van der Waals surface area (Å²) in [5.74, 6) is -5.16. The number of amides is 1. The van der Waals surface area contributed by atoms with Crippen molar-refractivity contribution < 1.29 is 41.1 Å². The van der Waals surface area contributed by atoms with Gasteiger partial charge in [-0.1, -0.05) is 6.07 Å². The van der Waals surface area contributed by atoms with Gasteiger partial charge in [0.1, 0.15) is 0 Å². The number of aromatic nitrogens is 2. The van der Waals surface area contributed by atoms with Crippen molar-refractivity contribution in [2.24, 2.45) is 0 Å². The first-order chi connectivity index (χ1) is 16.0. The third kappa shape index (κ3) is 5.51. The number of ether oxygens (including phenoxy) is 2. The molecular weight excluding hydrogens is 471 g/mol. The van der Waals surface area contributed by atoms with E-state index in [1.165, 1.54) is 13.2 Å². The first-order valence-corrected chi connectivity index (χ1v) is 9.17. The molecule has 0 radical (unpaired) electrons. The number of benzene rings is 1. The number of carbonyl (C=O) groups excluding carboxylic acids is 1. The maximum atomic E-state index is 14.9. The molecule has 178 valence electrons. The minimum atomic E-state index is -5.10. The van der Waals surface area contributed by atoms with E-state index in [1.54, 1.807) is 0 Å². The van der Waals surface area contributed by atoms with Gasteiger partial charge in [0.25, 0.3) is 5.91 Å². The van der Waals surface area contributed by atoms with Crippen LogP contribution >= 0.6 is 0 Å². The smallest absolute Gasteiger partial charge is 0.489 e. The Morgan fingerprint density at radius 1 is 1.15 bits per heavy atom. The zero-order chi connectivity index (χ0) is 25.0. The highest BCUT2D eigenvalue weighted by Gasteiger charge is 2.32. The Morgan fingerprint density at radius 3 is 2.47 bits per heavy atom. The van der Waals surface area contributed by atoms with Crippen LogP contribution in [0, 0.1) is 21.7 Å². The fourth-order valence-corrected chi connectivity index (χ4v) is 2.82. The number of nitrogens with zero attached hydrogens (tertiary/aromatic N) is 3. The van der Waals surface area contributed by atoms with Crippen LogP contribution < -0.4 is 14.8 Å². The molecule has 2 aromatic heterocycles. The summed E-state index contributed by atoms with van der Waals surface area (Å²) in [6.45, 7) is -0.474. The normalized spacial score (nSPS) is 11.1. The van der Waals surface area contributed by atoms with Gasteiger partial charge in [-0.3, -0.25) is 9.78 Å². The molecule has 1 aromatic carbocycles. The molecule has 14 heteroatoms. The highest BCUT2D eigenvalue weighted by Crippen LogP contribution is 2.31. The van der Waals surface area contributed by atoms with Crippen molar-refractivity contribution in [3.05, 3.63) is 75.7 Å². The number of nitro groups is 1. The van der Waals surface area contributed by atoms with Crippen LogP contribution in [0.4, 0.5) is 27.8 Å². The van der Waals surface area contributed by atoms with Crippen molar-refractivity contribution in [3.63, 3.8) is 0 Å². The molecule has 0 unspecified atom stereocenters. The zero-order valence-electron chi connectivity index (χ0n) is 17.0. The van der Waals surface area contributed by atoms with Gasteiger partial charge in [0.15, 0.2) is 17.4 Å². The first-order valence-electron chi connectivity index (χ1n) is 9.17.